The van der Waals surface area contributed by atoms with Gasteiger partial charge >= 0.3 is 0 Å². The van der Waals surface area contributed by atoms with Crippen molar-refractivity contribution in [1.29, 1.82) is 0 Å². The number of benzene rings is 1. The number of carbonyl (C=O) groups is 1. The summed E-state index contributed by atoms with van der Waals surface area (Å²) < 4.78 is 0. The van der Waals surface area contributed by atoms with E-state index in [0.717, 1.165) is 12.0 Å². The fourth-order valence-corrected chi connectivity index (χ4v) is 1.45. The molecule has 1 aromatic rings. The Balaban J connectivity index is 0.00000289. The van der Waals surface area contributed by atoms with Crippen LogP contribution in [0.1, 0.15) is 24.5 Å². The molecule has 0 heterocycles. The molecule has 0 fully saturated rings. The summed E-state index contributed by atoms with van der Waals surface area (Å²) in [5.41, 5.74) is 1.12. The Kier molecular flexibility index (Phi) is 7.96. The van der Waals surface area contributed by atoms with Crippen LogP contribution in [0.4, 0.5) is 0 Å². The first-order chi connectivity index (χ1) is 8.13. The first-order valence-corrected chi connectivity index (χ1v) is 5.37. The number of aliphatic hydroxyl groups excluding tert-OH is 1. The predicted octanol–water partition coefficient (Wildman–Crippen LogP) is 2.42. The van der Waals surface area contributed by atoms with Crippen LogP contribution in [-0.4, -0.2) is 17.2 Å². The van der Waals surface area contributed by atoms with Gasteiger partial charge in [-0.05, 0) is 17.5 Å². The number of aliphatic hydroxyl groups is 1. The zero-order valence-electron chi connectivity index (χ0n) is 10.3. The molecule has 3 nitrogen and oxygen atoms in total. The number of hydrogen-bond donors (Lipinski definition) is 1. The van der Waals surface area contributed by atoms with Gasteiger partial charge in [0.1, 0.15) is 0 Å². The van der Waals surface area contributed by atoms with E-state index in [1.54, 1.807) is 18.2 Å². The predicted molar refractivity (Wildman–Crippen MR) is 66.0 cm³/mol. The number of carbonyl (C=O) groups excluding carboxylic acids is 2. The van der Waals surface area contributed by atoms with E-state index >= 15 is 0 Å². The topological polar surface area (TPSA) is 54.4 Å². The van der Waals surface area contributed by atoms with Crippen molar-refractivity contribution in [2.75, 3.05) is 0 Å². The molecule has 0 bridgehead atoms. The van der Waals surface area contributed by atoms with Crippen LogP contribution in [0.15, 0.2) is 29.8 Å². The van der Waals surface area contributed by atoms with Crippen molar-refractivity contribution in [1.82, 2.24) is 0 Å². The average Bonchev–Trinajstić information content (AvgIpc) is 2.39. The Morgan fingerprint density at radius 1 is 1.44 bits per heavy atom. The number of aryl methyl sites for hydroxylation is 1. The standard InChI is InChI=1S/C14H14O3.Y/c1-3-10-6-5-7-11(8-10)14(17)12(9-15)13(16)4-2;/h5-8,17H,2-4H2,1H3;/q-2;/b14-12-;. The quantitative estimate of drug-likeness (QED) is 0.298. The molecule has 4 heteroatoms. The molecule has 0 aromatic heterocycles. The number of ketones is 1. The summed E-state index contributed by atoms with van der Waals surface area (Å²) in [6.45, 7) is 5.37. The third kappa shape index (κ3) is 4.14. The zero-order chi connectivity index (χ0) is 12.8. The number of Topliss-reactive ketones (excluding diaryl/α,β-unsaturated/α-hetero) is 1. The number of hydrogen-bond acceptors (Lipinski definition) is 3. The SMILES string of the molecule is [CH2-]CC(=O)/C([C-]=O)=C(\O)c1cccc(CC)c1.[Y]. The normalized spacial score (nSPS) is 11.2. The van der Waals surface area contributed by atoms with Crippen molar-refractivity contribution in [3.8, 4) is 0 Å². The van der Waals surface area contributed by atoms with Crippen LogP contribution in [0.2, 0.25) is 0 Å². The van der Waals surface area contributed by atoms with Gasteiger partial charge in [0.05, 0.1) is 6.29 Å². The van der Waals surface area contributed by atoms with Gasteiger partial charge in [0.25, 0.3) is 0 Å². The van der Waals surface area contributed by atoms with E-state index in [0.29, 0.717) is 5.56 Å². The Morgan fingerprint density at radius 2 is 2.11 bits per heavy atom. The zero-order valence-corrected chi connectivity index (χ0v) is 13.1. The second-order valence-electron chi connectivity index (χ2n) is 3.55. The van der Waals surface area contributed by atoms with Crippen molar-refractivity contribution >= 4 is 17.8 Å². The van der Waals surface area contributed by atoms with Crippen LogP contribution in [0.5, 0.6) is 0 Å². The van der Waals surface area contributed by atoms with Crippen LogP contribution >= 0.6 is 0 Å². The minimum absolute atomic E-state index is 0. The average molecular weight is 319 g/mol. The van der Waals surface area contributed by atoms with E-state index < -0.39 is 5.78 Å². The molecule has 1 N–H and O–H groups in total. The summed E-state index contributed by atoms with van der Waals surface area (Å²) >= 11 is 0. The molecule has 93 valence electrons. The summed E-state index contributed by atoms with van der Waals surface area (Å²) in [6.07, 6.45) is 2.21. The monoisotopic (exact) mass is 319 g/mol. The smallest absolute Gasteiger partial charge is 0.0696 e. The maximum atomic E-state index is 11.4. The Morgan fingerprint density at radius 3 is 2.61 bits per heavy atom. The summed E-state index contributed by atoms with van der Waals surface area (Å²) in [5.74, 6) is -0.844. The van der Waals surface area contributed by atoms with Crippen LogP contribution in [-0.2, 0) is 48.7 Å². The van der Waals surface area contributed by atoms with Gasteiger partial charge in [0, 0.05) is 44.3 Å². The molecule has 0 spiro atoms. The van der Waals surface area contributed by atoms with Gasteiger partial charge in [-0.15, -0.1) is 0 Å². The molecule has 0 aliphatic carbocycles. The molecule has 1 aromatic carbocycles. The van der Waals surface area contributed by atoms with E-state index in [1.165, 1.54) is 6.29 Å². The number of allylic oxidation sites excluding steroid dienone is 1. The van der Waals surface area contributed by atoms with Crippen molar-refractivity contribution in [3.05, 3.63) is 47.9 Å². The summed E-state index contributed by atoms with van der Waals surface area (Å²) in [5, 5.41) is 9.87. The molecule has 0 unspecified atom stereocenters. The molecular weight excluding hydrogens is 305 g/mol. The molecule has 0 aliphatic heterocycles. The molecular formula is C14H14O3Y-2. The molecule has 0 saturated heterocycles. The third-order valence-corrected chi connectivity index (χ3v) is 2.45. The van der Waals surface area contributed by atoms with Crippen LogP contribution < -0.4 is 0 Å². The number of rotatable bonds is 5. The molecule has 1 rings (SSSR count). The maximum Gasteiger partial charge on any atom is 0.0696 e. The Labute approximate surface area is 132 Å². The Bertz CT molecular complexity index is 464. The van der Waals surface area contributed by atoms with Gasteiger partial charge in [0.2, 0.25) is 0 Å². The first-order valence-electron chi connectivity index (χ1n) is 5.37. The molecule has 0 atom stereocenters. The maximum absolute atomic E-state index is 11.4. The molecule has 0 saturated carbocycles. The van der Waals surface area contributed by atoms with E-state index in [2.05, 4.69) is 6.92 Å². The molecule has 18 heavy (non-hydrogen) atoms. The third-order valence-electron chi connectivity index (χ3n) is 2.45. The minimum Gasteiger partial charge on any atom is -0.564 e. The second kappa shape index (κ2) is 8.33. The van der Waals surface area contributed by atoms with Crippen LogP contribution in [0.25, 0.3) is 5.76 Å². The first kappa shape index (κ1) is 17.2. The second-order valence-corrected chi connectivity index (χ2v) is 3.55. The minimum atomic E-state index is -0.514. The molecule has 0 amide bonds. The van der Waals surface area contributed by atoms with Gasteiger partial charge in [-0.1, -0.05) is 36.8 Å². The van der Waals surface area contributed by atoms with Gasteiger partial charge in [0.15, 0.2) is 0 Å². The fraction of sp³-hybridized carbons (Fsp3) is 0.214. The largest absolute Gasteiger partial charge is 0.564 e. The van der Waals surface area contributed by atoms with Gasteiger partial charge in [-0.2, -0.15) is 6.42 Å². The van der Waals surface area contributed by atoms with Crippen LogP contribution in [0.3, 0.4) is 0 Å². The summed E-state index contributed by atoms with van der Waals surface area (Å²) in [7, 11) is 0. The summed E-state index contributed by atoms with van der Waals surface area (Å²) in [6, 6.07) is 7.05. The fourth-order valence-electron chi connectivity index (χ4n) is 1.45. The van der Waals surface area contributed by atoms with Crippen molar-refractivity contribution in [2.45, 2.75) is 19.8 Å². The molecule has 0 aliphatic rings. The van der Waals surface area contributed by atoms with Crippen molar-refractivity contribution in [2.24, 2.45) is 0 Å². The van der Waals surface area contributed by atoms with Crippen LogP contribution in [0, 0.1) is 6.92 Å². The van der Waals surface area contributed by atoms with Crippen molar-refractivity contribution in [3.63, 3.8) is 0 Å². The van der Waals surface area contributed by atoms with E-state index in [1.807, 2.05) is 13.0 Å². The molecule has 1 radical (unpaired) electrons. The Hall–Kier alpha value is -0.796. The summed E-state index contributed by atoms with van der Waals surface area (Å²) in [4.78, 5) is 22.1. The van der Waals surface area contributed by atoms with Gasteiger partial charge in [-0.25, -0.2) is 0 Å². The van der Waals surface area contributed by atoms with Crippen molar-refractivity contribution < 1.29 is 47.4 Å². The van der Waals surface area contributed by atoms with E-state index in [-0.39, 0.29) is 50.5 Å². The van der Waals surface area contributed by atoms with Gasteiger partial charge in [-0.3, -0.25) is 0 Å². The van der Waals surface area contributed by atoms with E-state index in [9.17, 15) is 14.7 Å². The van der Waals surface area contributed by atoms with Gasteiger partial charge < -0.3 is 21.6 Å². The van der Waals surface area contributed by atoms with E-state index in [4.69, 9.17) is 0 Å².